The summed E-state index contributed by atoms with van der Waals surface area (Å²) in [5.74, 6) is 0.0365. The summed E-state index contributed by atoms with van der Waals surface area (Å²) in [6.07, 6.45) is 5.13. The Morgan fingerprint density at radius 2 is 2.00 bits per heavy atom. The van der Waals surface area contributed by atoms with E-state index in [4.69, 9.17) is 4.74 Å². The van der Waals surface area contributed by atoms with Crippen molar-refractivity contribution < 1.29 is 14.6 Å². The monoisotopic (exact) mass is 278 g/mol. The van der Waals surface area contributed by atoms with Gasteiger partial charge in [0.2, 0.25) is 0 Å². The highest BCUT2D eigenvalue weighted by atomic mass is 16.5. The van der Waals surface area contributed by atoms with Gasteiger partial charge in [-0.2, -0.15) is 0 Å². The first kappa shape index (κ1) is 16.5. The van der Waals surface area contributed by atoms with E-state index in [1.54, 1.807) is 6.07 Å². The lowest BCUT2D eigenvalue weighted by molar-refractivity contribution is 0.0692. The Labute approximate surface area is 122 Å². The van der Waals surface area contributed by atoms with Gasteiger partial charge in [0.25, 0.3) is 0 Å². The maximum absolute atomic E-state index is 11.4. The first-order valence-corrected chi connectivity index (χ1v) is 7.64. The smallest absolute Gasteiger partial charge is 0.339 e. The van der Waals surface area contributed by atoms with Gasteiger partial charge >= 0.3 is 5.97 Å². The van der Waals surface area contributed by atoms with E-state index in [2.05, 4.69) is 20.8 Å². The van der Waals surface area contributed by atoms with Crippen LogP contribution in [-0.4, -0.2) is 17.7 Å². The van der Waals surface area contributed by atoms with Crippen molar-refractivity contribution >= 4 is 5.97 Å². The molecule has 1 N–H and O–H groups in total. The second-order valence-electron chi connectivity index (χ2n) is 5.12. The molecule has 1 unspecified atom stereocenters. The van der Waals surface area contributed by atoms with Crippen molar-refractivity contribution in [2.24, 2.45) is 0 Å². The molecule has 0 fully saturated rings. The van der Waals surface area contributed by atoms with Gasteiger partial charge < -0.3 is 9.84 Å². The highest BCUT2D eigenvalue weighted by molar-refractivity contribution is 5.91. The van der Waals surface area contributed by atoms with E-state index in [1.807, 2.05) is 12.1 Å². The summed E-state index contributed by atoms with van der Waals surface area (Å²) < 4.78 is 5.82. The number of carbonyl (C=O) groups is 1. The lowest BCUT2D eigenvalue weighted by atomic mass is 9.90. The molecular weight excluding hydrogens is 252 g/mol. The van der Waals surface area contributed by atoms with Crippen LogP contribution in [0.25, 0.3) is 0 Å². The molecule has 1 aromatic rings. The number of ether oxygens (including phenoxy) is 1. The summed E-state index contributed by atoms with van der Waals surface area (Å²) in [4.78, 5) is 11.4. The van der Waals surface area contributed by atoms with Crippen LogP contribution in [0.4, 0.5) is 0 Å². The van der Waals surface area contributed by atoms with Crippen LogP contribution >= 0.6 is 0 Å². The maximum Gasteiger partial charge on any atom is 0.339 e. The summed E-state index contributed by atoms with van der Waals surface area (Å²) in [7, 11) is 0. The Balaban J connectivity index is 3.13. The Kier molecular flexibility index (Phi) is 7.13. The number of para-hydroxylation sites is 1. The Hall–Kier alpha value is -1.51. The van der Waals surface area contributed by atoms with Crippen LogP contribution in [0.2, 0.25) is 0 Å². The Bertz CT molecular complexity index is 426. The van der Waals surface area contributed by atoms with Crippen LogP contribution < -0.4 is 4.74 Å². The van der Waals surface area contributed by atoms with Gasteiger partial charge in [0.15, 0.2) is 0 Å². The van der Waals surface area contributed by atoms with E-state index in [-0.39, 0.29) is 5.56 Å². The van der Waals surface area contributed by atoms with Gasteiger partial charge in [0.05, 0.1) is 6.61 Å². The van der Waals surface area contributed by atoms with Gasteiger partial charge in [-0.05, 0) is 36.8 Å². The second-order valence-corrected chi connectivity index (χ2v) is 5.12. The van der Waals surface area contributed by atoms with Crippen LogP contribution in [-0.2, 0) is 0 Å². The van der Waals surface area contributed by atoms with Gasteiger partial charge in [-0.3, -0.25) is 0 Å². The normalized spacial score (nSPS) is 12.2. The van der Waals surface area contributed by atoms with Crippen molar-refractivity contribution in [3.8, 4) is 5.75 Å². The number of hydrogen-bond donors (Lipinski definition) is 1. The highest BCUT2D eigenvalue weighted by Crippen LogP contribution is 2.35. The predicted octanol–water partition coefficient (Wildman–Crippen LogP) is 4.86. The third-order valence-electron chi connectivity index (χ3n) is 3.59. The minimum Gasteiger partial charge on any atom is -0.492 e. The molecule has 3 nitrogen and oxygen atoms in total. The fourth-order valence-electron chi connectivity index (χ4n) is 2.45. The van der Waals surface area contributed by atoms with E-state index < -0.39 is 5.97 Å². The van der Waals surface area contributed by atoms with Gasteiger partial charge in [0, 0.05) is 0 Å². The van der Waals surface area contributed by atoms with Crippen molar-refractivity contribution in [1.29, 1.82) is 0 Å². The van der Waals surface area contributed by atoms with Crippen molar-refractivity contribution in [3.63, 3.8) is 0 Å². The zero-order valence-corrected chi connectivity index (χ0v) is 12.8. The third kappa shape index (κ3) is 4.26. The molecule has 0 spiro atoms. The number of rotatable bonds is 9. The summed E-state index contributed by atoms with van der Waals surface area (Å²) in [6, 6.07) is 5.47. The zero-order valence-electron chi connectivity index (χ0n) is 12.8. The molecular formula is C17H26O3. The van der Waals surface area contributed by atoms with Crippen LogP contribution in [0.1, 0.15) is 74.7 Å². The molecule has 20 heavy (non-hydrogen) atoms. The number of aromatic carboxylic acids is 1. The second kappa shape index (κ2) is 8.62. The summed E-state index contributed by atoms with van der Waals surface area (Å²) in [6.45, 7) is 6.97. The van der Waals surface area contributed by atoms with E-state index in [0.29, 0.717) is 18.3 Å². The predicted molar refractivity (Wildman–Crippen MR) is 81.7 cm³/mol. The standard InChI is InChI=1S/C17H26O3/c1-4-7-12-20-16-14(13(6-3)9-5-2)10-8-11-15(16)17(18)19/h8,10-11,13H,4-7,9,12H2,1-3H3,(H,18,19). The van der Waals surface area contributed by atoms with Gasteiger partial charge in [-0.15, -0.1) is 0 Å². The first-order chi connectivity index (χ1) is 9.65. The molecule has 0 aliphatic heterocycles. The third-order valence-corrected chi connectivity index (χ3v) is 3.59. The number of unbranched alkanes of at least 4 members (excludes halogenated alkanes) is 1. The molecule has 0 radical (unpaired) electrons. The average Bonchev–Trinajstić information content (AvgIpc) is 2.45. The average molecular weight is 278 g/mol. The molecule has 0 heterocycles. The lowest BCUT2D eigenvalue weighted by Crippen LogP contribution is -2.09. The highest BCUT2D eigenvalue weighted by Gasteiger charge is 2.20. The van der Waals surface area contributed by atoms with Gasteiger partial charge in [-0.1, -0.05) is 45.7 Å². The lowest BCUT2D eigenvalue weighted by Gasteiger charge is -2.20. The fraction of sp³-hybridized carbons (Fsp3) is 0.588. The van der Waals surface area contributed by atoms with Crippen LogP contribution in [0, 0.1) is 0 Å². The largest absolute Gasteiger partial charge is 0.492 e. The van der Waals surface area contributed by atoms with Crippen molar-refractivity contribution in [3.05, 3.63) is 29.3 Å². The first-order valence-electron chi connectivity index (χ1n) is 7.64. The molecule has 3 heteroatoms. The van der Waals surface area contributed by atoms with E-state index in [1.165, 1.54) is 0 Å². The quantitative estimate of drug-likeness (QED) is 0.656. The molecule has 0 saturated heterocycles. The molecule has 0 aromatic heterocycles. The Morgan fingerprint density at radius 1 is 1.25 bits per heavy atom. The molecule has 1 aromatic carbocycles. The van der Waals surface area contributed by atoms with Crippen LogP contribution in [0.15, 0.2) is 18.2 Å². The van der Waals surface area contributed by atoms with Crippen LogP contribution in [0.5, 0.6) is 5.75 Å². The van der Waals surface area contributed by atoms with Crippen molar-refractivity contribution in [2.75, 3.05) is 6.61 Å². The minimum atomic E-state index is -0.912. The molecule has 0 amide bonds. The Morgan fingerprint density at radius 3 is 2.55 bits per heavy atom. The molecule has 1 atom stereocenters. The molecule has 112 valence electrons. The van der Waals surface area contributed by atoms with E-state index in [9.17, 15) is 9.90 Å². The number of benzene rings is 1. The maximum atomic E-state index is 11.4. The molecule has 0 aliphatic rings. The van der Waals surface area contributed by atoms with Crippen molar-refractivity contribution in [2.45, 2.75) is 58.8 Å². The number of carboxylic acid groups (broad SMARTS) is 1. The SMILES string of the molecule is CCCCOc1c(C(=O)O)cccc1C(CC)CCC. The molecule has 1 rings (SSSR count). The molecule has 0 saturated carbocycles. The van der Waals surface area contributed by atoms with Gasteiger partial charge in [-0.25, -0.2) is 4.79 Å². The van der Waals surface area contributed by atoms with Crippen molar-refractivity contribution in [1.82, 2.24) is 0 Å². The van der Waals surface area contributed by atoms with Crippen LogP contribution in [0.3, 0.4) is 0 Å². The summed E-state index contributed by atoms with van der Waals surface area (Å²) in [5, 5.41) is 9.35. The molecule has 0 bridgehead atoms. The fourth-order valence-corrected chi connectivity index (χ4v) is 2.45. The summed E-state index contributed by atoms with van der Waals surface area (Å²) >= 11 is 0. The summed E-state index contributed by atoms with van der Waals surface area (Å²) in [5.41, 5.74) is 1.33. The topological polar surface area (TPSA) is 46.5 Å². The van der Waals surface area contributed by atoms with Gasteiger partial charge in [0.1, 0.15) is 11.3 Å². The molecule has 0 aliphatic carbocycles. The van der Waals surface area contributed by atoms with E-state index >= 15 is 0 Å². The number of carboxylic acids is 1. The number of hydrogen-bond acceptors (Lipinski definition) is 2. The zero-order chi connectivity index (χ0) is 15.0. The minimum absolute atomic E-state index is 0.285. The van der Waals surface area contributed by atoms with E-state index in [0.717, 1.165) is 37.7 Å².